The van der Waals surface area contributed by atoms with Gasteiger partial charge in [-0.2, -0.15) is 5.26 Å². The van der Waals surface area contributed by atoms with Gasteiger partial charge in [-0.3, -0.25) is 0 Å². The van der Waals surface area contributed by atoms with Crippen molar-refractivity contribution in [3.8, 4) is 6.07 Å². The zero-order chi connectivity index (χ0) is 15.2. The molecule has 108 valence electrons. The maximum absolute atomic E-state index is 12.7. The molecule has 0 aromatic heterocycles. The van der Waals surface area contributed by atoms with Crippen molar-refractivity contribution in [2.75, 3.05) is 6.61 Å². The fraction of sp³-hybridized carbons (Fsp3) is 0.400. The van der Waals surface area contributed by atoms with E-state index in [1.165, 1.54) is 18.2 Å². The van der Waals surface area contributed by atoms with Crippen LogP contribution < -0.4 is 0 Å². The lowest BCUT2D eigenvalue weighted by Crippen LogP contribution is -2.37. The lowest BCUT2D eigenvalue weighted by Gasteiger charge is -2.25. The molecule has 4 nitrogen and oxygen atoms in total. The second-order valence-electron chi connectivity index (χ2n) is 4.74. The minimum atomic E-state index is -3.81. The molecule has 0 spiro atoms. The van der Waals surface area contributed by atoms with E-state index in [1.54, 1.807) is 12.1 Å². The van der Waals surface area contributed by atoms with Gasteiger partial charge in [-0.15, -0.1) is 6.58 Å². The number of benzene rings is 1. The van der Waals surface area contributed by atoms with Crippen molar-refractivity contribution < 1.29 is 13.5 Å². The molecule has 0 aliphatic carbocycles. The second kappa shape index (κ2) is 6.69. The van der Waals surface area contributed by atoms with Gasteiger partial charge in [0.2, 0.25) is 0 Å². The van der Waals surface area contributed by atoms with Crippen molar-refractivity contribution in [1.29, 1.82) is 5.26 Å². The van der Waals surface area contributed by atoms with Gasteiger partial charge in [0.1, 0.15) is 0 Å². The Morgan fingerprint density at radius 3 is 2.45 bits per heavy atom. The predicted molar refractivity (Wildman–Crippen MR) is 77.8 cm³/mol. The smallest absolute Gasteiger partial charge is 0.197 e. The molecule has 20 heavy (non-hydrogen) atoms. The summed E-state index contributed by atoms with van der Waals surface area (Å²) in [7, 11) is -3.81. The van der Waals surface area contributed by atoms with Crippen LogP contribution >= 0.6 is 0 Å². The third-order valence-corrected chi connectivity index (χ3v) is 5.65. The number of sulfone groups is 1. The van der Waals surface area contributed by atoms with E-state index in [2.05, 4.69) is 6.58 Å². The molecule has 1 atom stereocenters. The first-order valence-corrected chi connectivity index (χ1v) is 7.86. The van der Waals surface area contributed by atoms with E-state index in [-0.39, 0.29) is 30.8 Å². The lowest BCUT2D eigenvalue weighted by molar-refractivity contribution is 0.279. The summed E-state index contributed by atoms with van der Waals surface area (Å²) in [5.41, 5.74) is 0.950. The molecule has 0 saturated heterocycles. The fourth-order valence-corrected chi connectivity index (χ4v) is 3.86. The molecule has 5 heteroatoms. The Kier molecular flexibility index (Phi) is 5.49. The SMILES string of the molecule is C=CCC(C#N)(CCCO)S(=O)(=O)c1ccc(C)cc1. The van der Waals surface area contributed by atoms with Crippen molar-refractivity contribution >= 4 is 9.84 Å². The molecule has 0 radical (unpaired) electrons. The molecule has 0 heterocycles. The quantitative estimate of drug-likeness (QED) is 0.783. The molecule has 0 amide bonds. The maximum atomic E-state index is 12.7. The monoisotopic (exact) mass is 293 g/mol. The molecular formula is C15H19NO3S. The Hall–Kier alpha value is -1.64. The Morgan fingerprint density at radius 1 is 1.40 bits per heavy atom. The number of hydrogen-bond donors (Lipinski definition) is 1. The largest absolute Gasteiger partial charge is 0.396 e. The van der Waals surface area contributed by atoms with Gasteiger partial charge in [-0.25, -0.2) is 8.42 Å². The Morgan fingerprint density at radius 2 is 2.00 bits per heavy atom. The Labute approximate surface area is 120 Å². The molecule has 1 aromatic carbocycles. The minimum Gasteiger partial charge on any atom is -0.396 e. The first kappa shape index (κ1) is 16.4. The normalized spacial score (nSPS) is 14.2. The van der Waals surface area contributed by atoms with E-state index >= 15 is 0 Å². The van der Waals surface area contributed by atoms with Crippen LogP contribution in [0.2, 0.25) is 0 Å². The average Bonchev–Trinajstić information content (AvgIpc) is 2.43. The van der Waals surface area contributed by atoms with Crippen LogP contribution in [-0.2, 0) is 9.84 Å². The van der Waals surface area contributed by atoms with Crippen LogP contribution in [0.15, 0.2) is 41.8 Å². The van der Waals surface area contributed by atoms with Crippen LogP contribution in [-0.4, -0.2) is 24.9 Å². The van der Waals surface area contributed by atoms with Gasteiger partial charge >= 0.3 is 0 Å². The number of rotatable bonds is 7. The van der Waals surface area contributed by atoms with Crippen LogP contribution in [0, 0.1) is 18.3 Å². The first-order chi connectivity index (χ1) is 9.43. The average molecular weight is 293 g/mol. The fourth-order valence-electron chi connectivity index (χ4n) is 2.05. The van der Waals surface area contributed by atoms with E-state index < -0.39 is 14.6 Å². The van der Waals surface area contributed by atoms with E-state index in [1.807, 2.05) is 13.0 Å². The van der Waals surface area contributed by atoms with Crippen molar-refractivity contribution in [2.45, 2.75) is 35.8 Å². The van der Waals surface area contributed by atoms with E-state index in [9.17, 15) is 13.7 Å². The summed E-state index contributed by atoms with van der Waals surface area (Å²) in [5.74, 6) is 0. The van der Waals surface area contributed by atoms with E-state index in [4.69, 9.17) is 5.11 Å². The summed E-state index contributed by atoms with van der Waals surface area (Å²) in [4.78, 5) is 0.129. The van der Waals surface area contributed by atoms with Gasteiger partial charge in [0.15, 0.2) is 14.6 Å². The van der Waals surface area contributed by atoms with Gasteiger partial charge in [-0.1, -0.05) is 23.8 Å². The number of aliphatic hydroxyl groups excluding tert-OH is 1. The molecule has 0 aliphatic heterocycles. The number of hydrogen-bond acceptors (Lipinski definition) is 4. The van der Waals surface area contributed by atoms with E-state index in [0.29, 0.717) is 0 Å². The molecule has 0 fully saturated rings. The Balaban J connectivity index is 3.34. The molecule has 1 unspecified atom stereocenters. The number of allylic oxidation sites excluding steroid dienone is 1. The molecule has 1 aromatic rings. The lowest BCUT2D eigenvalue weighted by atomic mass is 10.0. The summed E-state index contributed by atoms with van der Waals surface area (Å²) in [6.07, 6.45) is 1.82. The van der Waals surface area contributed by atoms with Gasteiger partial charge in [0.05, 0.1) is 11.0 Å². The summed E-state index contributed by atoms with van der Waals surface area (Å²) < 4.78 is 23.9. The molecule has 0 saturated carbocycles. The number of nitriles is 1. The predicted octanol–water partition coefficient (Wildman–Crippen LogP) is 2.38. The van der Waals surface area contributed by atoms with Crippen LogP contribution in [0.3, 0.4) is 0 Å². The van der Waals surface area contributed by atoms with Crippen molar-refractivity contribution in [3.63, 3.8) is 0 Å². The van der Waals surface area contributed by atoms with Crippen LogP contribution in [0.4, 0.5) is 0 Å². The zero-order valence-electron chi connectivity index (χ0n) is 11.5. The second-order valence-corrected chi connectivity index (χ2v) is 7.00. The topological polar surface area (TPSA) is 78.2 Å². The van der Waals surface area contributed by atoms with Crippen LogP contribution in [0.1, 0.15) is 24.8 Å². The molecule has 1 rings (SSSR count). The van der Waals surface area contributed by atoms with Crippen molar-refractivity contribution in [3.05, 3.63) is 42.5 Å². The summed E-state index contributed by atoms with van der Waals surface area (Å²) in [6, 6.07) is 8.37. The molecule has 1 N–H and O–H groups in total. The third kappa shape index (κ3) is 3.09. The summed E-state index contributed by atoms with van der Waals surface area (Å²) in [5, 5.41) is 18.4. The highest BCUT2D eigenvalue weighted by molar-refractivity contribution is 7.93. The maximum Gasteiger partial charge on any atom is 0.197 e. The molecular weight excluding hydrogens is 274 g/mol. The van der Waals surface area contributed by atoms with Crippen molar-refractivity contribution in [1.82, 2.24) is 0 Å². The van der Waals surface area contributed by atoms with Gasteiger partial charge in [0.25, 0.3) is 0 Å². The number of aliphatic hydroxyl groups is 1. The van der Waals surface area contributed by atoms with Crippen LogP contribution in [0.5, 0.6) is 0 Å². The van der Waals surface area contributed by atoms with Crippen LogP contribution in [0.25, 0.3) is 0 Å². The van der Waals surface area contributed by atoms with Gasteiger partial charge in [0, 0.05) is 6.61 Å². The highest BCUT2D eigenvalue weighted by Gasteiger charge is 2.43. The van der Waals surface area contributed by atoms with Gasteiger partial charge < -0.3 is 5.11 Å². The Bertz CT molecular complexity index is 599. The first-order valence-electron chi connectivity index (χ1n) is 6.38. The molecule has 0 bridgehead atoms. The third-order valence-electron chi connectivity index (χ3n) is 3.26. The highest BCUT2D eigenvalue weighted by Crippen LogP contribution is 2.33. The summed E-state index contributed by atoms with van der Waals surface area (Å²) >= 11 is 0. The standard InChI is InChI=1S/C15H19NO3S/c1-3-9-15(12-16,10-4-11-17)20(18,19)14-7-5-13(2)6-8-14/h3,5-8,17H,1,4,9-11H2,2H3. The van der Waals surface area contributed by atoms with Crippen molar-refractivity contribution in [2.24, 2.45) is 0 Å². The molecule has 0 aliphatic rings. The minimum absolute atomic E-state index is 0.0414. The highest BCUT2D eigenvalue weighted by atomic mass is 32.2. The number of nitrogens with zero attached hydrogens (tertiary/aromatic N) is 1. The number of aryl methyl sites for hydroxylation is 1. The summed E-state index contributed by atoms with van der Waals surface area (Å²) in [6.45, 7) is 5.26. The van der Waals surface area contributed by atoms with Gasteiger partial charge in [-0.05, 0) is 38.3 Å². The zero-order valence-corrected chi connectivity index (χ0v) is 12.4. The van der Waals surface area contributed by atoms with E-state index in [0.717, 1.165) is 5.56 Å².